The van der Waals surface area contributed by atoms with Gasteiger partial charge in [0.25, 0.3) is 0 Å². The average molecular weight is 423 g/mol. The maximum Gasteiger partial charge on any atom is 0.416 e. The Morgan fingerprint density at radius 3 is 1.32 bits per heavy atom. The number of aromatic amines is 1. The van der Waals surface area contributed by atoms with Crippen LogP contribution in [0.4, 0.5) is 26.3 Å². The molecule has 3 aromatic rings. The second-order valence-corrected chi connectivity index (χ2v) is 5.80. The van der Waals surface area contributed by atoms with Gasteiger partial charge in [0.05, 0.1) is 11.1 Å². The number of rotatable bonds is 3. The minimum Gasteiger partial charge on any atom is -0.373 e. The fraction of sp³-hybridized carbons (Fsp3) is 0.167. The van der Waals surface area contributed by atoms with Crippen LogP contribution in [0.5, 0.6) is 0 Å². The van der Waals surface area contributed by atoms with Gasteiger partial charge in [-0.3, -0.25) is 0 Å². The van der Waals surface area contributed by atoms with Crippen LogP contribution in [-0.2, 0) is 18.0 Å². The van der Waals surface area contributed by atoms with E-state index in [1.165, 1.54) is 12.4 Å². The van der Waals surface area contributed by atoms with Gasteiger partial charge in [0.15, 0.2) is 5.60 Å². The topological polar surface area (TPSA) is 48.9 Å². The molecule has 0 amide bonds. The second-order valence-electron chi connectivity index (χ2n) is 5.80. The van der Waals surface area contributed by atoms with Crippen molar-refractivity contribution >= 4 is 12.4 Å². The summed E-state index contributed by atoms with van der Waals surface area (Å²) < 4.78 is 76.7. The van der Waals surface area contributed by atoms with Crippen LogP contribution in [-0.4, -0.2) is 15.1 Å². The van der Waals surface area contributed by atoms with E-state index in [0.717, 1.165) is 48.5 Å². The van der Waals surface area contributed by atoms with Crippen LogP contribution in [0, 0.1) is 0 Å². The maximum absolute atomic E-state index is 12.8. The van der Waals surface area contributed by atoms with Crippen molar-refractivity contribution in [2.45, 2.75) is 18.0 Å². The Labute approximate surface area is 161 Å². The van der Waals surface area contributed by atoms with Gasteiger partial charge >= 0.3 is 12.4 Å². The van der Waals surface area contributed by atoms with Crippen LogP contribution >= 0.6 is 12.4 Å². The molecule has 0 fully saturated rings. The zero-order chi connectivity index (χ0) is 19.9. The molecule has 0 aliphatic heterocycles. The molecule has 0 saturated carbocycles. The monoisotopic (exact) mass is 422 g/mol. The first-order valence-electron chi connectivity index (χ1n) is 7.60. The van der Waals surface area contributed by atoms with Gasteiger partial charge in [0, 0.05) is 12.4 Å². The van der Waals surface area contributed by atoms with E-state index >= 15 is 0 Å². The molecule has 0 saturated heterocycles. The first-order chi connectivity index (χ1) is 12.5. The third-order valence-corrected chi connectivity index (χ3v) is 4.10. The molecule has 150 valence electrons. The van der Waals surface area contributed by atoms with Crippen molar-refractivity contribution < 1.29 is 31.4 Å². The summed E-state index contributed by atoms with van der Waals surface area (Å²) in [4.78, 5) is 6.59. The highest BCUT2D eigenvalue weighted by Gasteiger charge is 2.39. The van der Waals surface area contributed by atoms with Crippen molar-refractivity contribution in [3.8, 4) is 0 Å². The summed E-state index contributed by atoms with van der Waals surface area (Å²) in [6.07, 6.45) is -6.42. The number of halogens is 7. The minimum atomic E-state index is -4.56. The van der Waals surface area contributed by atoms with Crippen LogP contribution in [0.25, 0.3) is 0 Å². The zero-order valence-electron chi connectivity index (χ0n) is 13.8. The molecule has 0 radical (unpaired) electrons. The molecule has 1 aromatic heterocycles. The van der Waals surface area contributed by atoms with E-state index in [1.54, 1.807) is 0 Å². The fourth-order valence-corrected chi connectivity index (χ4v) is 2.70. The van der Waals surface area contributed by atoms with Gasteiger partial charge in [-0.25, -0.2) is 4.98 Å². The summed E-state index contributed by atoms with van der Waals surface area (Å²) in [6, 6.07) is 7.37. The van der Waals surface area contributed by atoms with E-state index in [-0.39, 0.29) is 29.4 Å². The number of nitrogens with zero attached hydrogens (tertiary/aromatic N) is 1. The first-order valence-corrected chi connectivity index (χ1v) is 7.60. The summed E-state index contributed by atoms with van der Waals surface area (Å²) >= 11 is 0. The highest BCUT2D eigenvalue weighted by Crippen LogP contribution is 2.38. The molecule has 1 heterocycles. The Morgan fingerprint density at radius 1 is 0.679 bits per heavy atom. The molecule has 0 bridgehead atoms. The van der Waals surface area contributed by atoms with E-state index in [2.05, 4.69) is 9.97 Å². The fourth-order valence-electron chi connectivity index (χ4n) is 2.70. The van der Waals surface area contributed by atoms with Crippen molar-refractivity contribution in [3.05, 3.63) is 89.0 Å². The average Bonchev–Trinajstić information content (AvgIpc) is 3.15. The highest BCUT2D eigenvalue weighted by molar-refractivity contribution is 5.85. The van der Waals surface area contributed by atoms with Crippen LogP contribution in [0.3, 0.4) is 0 Å². The maximum atomic E-state index is 12.8. The molecule has 0 spiro atoms. The molecular weight excluding hydrogens is 410 g/mol. The number of H-pyrrole nitrogens is 1. The number of aliphatic hydroxyl groups is 1. The second kappa shape index (κ2) is 7.48. The standard InChI is InChI=1S/C18H12F6N2O.ClH/c19-17(20,21)13-5-1-11(2-6-13)16(27,15-25-9-10-26-15)12-3-7-14(8-4-12)18(22,23)24;/h1-10,27H,(H,25,26);1H. The van der Waals surface area contributed by atoms with Crippen LogP contribution in [0.2, 0.25) is 0 Å². The lowest BCUT2D eigenvalue weighted by Gasteiger charge is -2.28. The Morgan fingerprint density at radius 2 is 1.04 bits per heavy atom. The molecule has 2 aromatic carbocycles. The predicted octanol–water partition coefficient (Wildman–Crippen LogP) is 5.15. The Bertz CT molecular complexity index is 846. The molecule has 28 heavy (non-hydrogen) atoms. The Hall–Kier alpha value is -2.52. The molecular formula is C18H13ClF6N2O. The normalized spacial score (nSPS) is 12.5. The molecule has 10 heteroatoms. The molecule has 2 N–H and O–H groups in total. The smallest absolute Gasteiger partial charge is 0.373 e. The molecule has 3 rings (SSSR count). The highest BCUT2D eigenvalue weighted by atomic mass is 35.5. The van der Waals surface area contributed by atoms with Crippen molar-refractivity contribution in [3.63, 3.8) is 0 Å². The zero-order valence-corrected chi connectivity index (χ0v) is 14.7. The molecule has 0 aliphatic rings. The van der Waals surface area contributed by atoms with E-state index in [0.29, 0.717) is 0 Å². The number of imidazole rings is 1. The van der Waals surface area contributed by atoms with Gasteiger partial charge in [-0.2, -0.15) is 26.3 Å². The van der Waals surface area contributed by atoms with E-state index < -0.39 is 29.1 Å². The van der Waals surface area contributed by atoms with Crippen molar-refractivity contribution in [2.75, 3.05) is 0 Å². The summed E-state index contributed by atoms with van der Waals surface area (Å²) in [5, 5.41) is 11.2. The van der Waals surface area contributed by atoms with Crippen LogP contribution in [0.1, 0.15) is 28.1 Å². The number of benzene rings is 2. The number of hydrogen-bond acceptors (Lipinski definition) is 2. The van der Waals surface area contributed by atoms with Crippen molar-refractivity contribution in [1.82, 2.24) is 9.97 Å². The summed E-state index contributed by atoms with van der Waals surface area (Å²) in [7, 11) is 0. The summed E-state index contributed by atoms with van der Waals surface area (Å²) in [6.45, 7) is 0. The van der Waals surface area contributed by atoms with Crippen molar-refractivity contribution in [1.29, 1.82) is 0 Å². The lowest BCUT2D eigenvalue weighted by molar-refractivity contribution is -0.138. The number of aromatic nitrogens is 2. The SMILES string of the molecule is Cl.OC(c1ccc(C(F)(F)F)cc1)(c1ccc(C(F)(F)F)cc1)c1ncc[nH]1. The minimum absolute atomic E-state index is 0. The van der Waals surface area contributed by atoms with Crippen molar-refractivity contribution in [2.24, 2.45) is 0 Å². The van der Waals surface area contributed by atoms with Gasteiger partial charge in [-0.05, 0) is 35.4 Å². The van der Waals surface area contributed by atoms with Crippen LogP contribution < -0.4 is 0 Å². The lowest BCUT2D eigenvalue weighted by Crippen LogP contribution is -2.30. The van der Waals surface area contributed by atoms with Gasteiger partial charge < -0.3 is 10.1 Å². The number of hydrogen-bond donors (Lipinski definition) is 2. The predicted molar refractivity (Wildman–Crippen MR) is 90.8 cm³/mol. The summed E-state index contributed by atoms with van der Waals surface area (Å²) in [5.74, 6) is -0.0398. The van der Waals surface area contributed by atoms with Gasteiger partial charge in [0.2, 0.25) is 0 Å². The first kappa shape index (κ1) is 21.8. The lowest BCUT2D eigenvalue weighted by atomic mass is 9.84. The largest absolute Gasteiger partial charge is 0.416 e. The number of nitrogens with one attached hydrogen (secondary N) is 1. The Balaban J connectivity index is 0.00000280. The summed E-state index contributed by atoms with van der Waals surface area (Å²) in [5.41, 5.74) is -3.85. The van der Waals surface area contributed by atoms with Gasteiger partial charge in [0.1, 0.15) is 5.82 Å². The third-order valence-electron chi connectivity index (χ3n) is 4.10. The van der Waals surface area contributed by atoms with Gasteiger partial charge in [-0.1, -0.05) is 24.3 Å². The van der Waals surface area contributed by atoms with E-state index in [9.17, 15) is 31.4 Å². The van der Waals surface area contributed by atoms with E-state index in [4.69, 9.17) is 0 Å². The molecule has 0 unspecified atom stereocenters. The number of alkyl halides is 6. The van der Waals surface area contributed by atoms with E-state index in [1.807, 2.05) is 0 Å². The van der Waals surface area contributed by atoms with Crippen LogP contribution in [0.15, 0.2) is 60.9 Å². The molecule has 0 atom stereocenters. The third kappa shape index (κ3) is 4.00. The molecule has 3 nitrogen and oxygen atoms in total. The van der Waals surface area contributed by atoms with Gasteiger partial charge in [-0.15, -0.1) is 12.4 Å². The quantitative estimate of drug-likeness (QED) is 0.573. The molecule has 0 aliphatic carbocycles. The Kier molecular flexibility index (Phi) is 5.82.